The molecule has 4 fully saturated rings. The number of nitrogens with one attached hydrogen (secondary N) is 3. The van der Waals surface area contributed by atoms with Gasteiger partial charge in [-0.1, -0.05) is 64.2 Å². The molecule has 1 amide bonds. The molecule has 0 radical (unpaired) electrons. The molecule has 1 spiro atoms. The lowest BCUT2D eigenvalue weighted by atomic mass is 9.63. The van der Waals surface area contributed by atoms with Crippen molar-refractivity contribution in [2.45, 2.75) is 142 Å². The Balaban J connectivity index is 1.32. The number of carbonyl (C=O) groups excluding carboxylic acids is 1. The number of benzene rings is 1. The van der Waals surface area contributed by atoms with E-state index in [-0.39, 0.29) is 23.4 Å². The molecule has 1 aromatic heterocycles. The number of ether oxygens (including phenoxy) is 1. The van der Waals surface area contributed by atoms with Crippen molar-refractivity contribution in [2.24, 2.45) is 5.41 Å². The molecule has 3 heterocycles. The van der Waals surface area contributed by atoms with E-state index in [1.54, 1.807) is 0 Å². The molecule has 3 N–H and O–H groups in total. The number of aryl methyl sites for hydroxylation is 2. The molecule has 4 aliphatic rings. The summed E-state index contributed by atoms with van der Waals surface area (Å²) in [5, 5.41) is 7.33. The summed E-state index contributed by atoms with van der Waals surface area (Å²) in [4.78, 5) is 35.0. The summed E-state index contributed by atoms with van der Waals surface area (Å²) in [5.41, 5.74) is 6.75. The van der Waals surface area contributed by atoms with Gasteiger partial charge in [-0.3, -0.25) is 14.5 Å². The zero-order valence-electron chi connectivity index (χ0n) is 31.6. The van der Waals surface area contributed by atoms with Gasteiger partial charge in [0, 0.05) is 74.4 Å². The lowest BCUT2D eigenvalue weighted by Gasteiger charge is -2.50. The quantitative estimate of drug-likeness (QED) is 0.270. The van der Waals surface area contributed by atoms with Gasteiger partial charge in [0.1, 0.15) is 0 Å². The van der Waals surface area contributed by atoms with Gasteiger partial charge < -0.3 is 25.3 Å². The summed E-state index contributed by atoms with van der Waals surface area (Å²) < 4.78 is 5.72. The maximum atomic E-state index is 14.2. The van der Waals surface area contributed by atoms with E-state index in [2.05, 4.69) is 51.5 Å². The third-order valence-electron chi connectivity index (χ3n) is 12.9. The molecule has 2 aromatic rings. The number of hydrogen-bond acceptors (Lipinski definition) is 6. The van der Waals surface area contributed by atoms with Gasteiger partial charge in [0.25, 0.3) is 11.5 Å². The van der Waals surface area contributed by atoms with Crippen LogP contribution in [0.1, 0.15) is 141 Å². The Hall–Kier alpha value is -2.68. The van der Waals surface area contributed by atoms with Gasteiger partial charge in [-0.25, -0.2) is 0 Å². The van der Waals surface area contributed by atoms with Crippen LogP contribution in [0.15, 0.2) is 23.0 Å². The van der Waals surface area contributed by atoms with Crippen molar-refractivity contribution < 1.29 is 9.53 Å². The van der Waals surface area contributed by atoms with Crippen LogP contribution in [-0.2, 0) is 11.3 Å². The first kappa shape index (κ1) is 37.1. The Kier molecular flexibility index (Phi) is 12.8. The lowest BCUT2D eigenvalue weighted by Crippen LogP contribution is -2.58. The highest BCUT2D eigenvalue weighted by molar-refractivity contribution is 5.97. The number of nitrogens with zero attached hydrogens (tertiary/aromatic N) is 2. The number of anilines is 1. The Morgan fingerprint density at radius 2 is 1.60 bits per heavy atom. The minimum absolute atomic E-state index is 0.0932. The van der Waals surface area contributed by atoms with Crippen molar-refractivity contribution in [3.8, 4) is 0 Å². The number of carbonyl (C=O) groups is 1. The molecule has 2 unspecified atom stereocenters. The van der Waals surface area contributed by atoms with Gasteiger partial charge in [0.2, 0.25) is 0 Å². The van der Waals surface area contributed by atoms with Crippen molar-refractivity contribution in [1.82, 2.24) is 20.5 Å². The van der Waals surface area contributed by atoms with Gasteiger partial charge in [0.15, 0.2) is 0 Å². The molecule has 276 valence electrons. The van der Waals surface area contributed by atoms with Crippen LogP contribution in [0.4, 0.5) is 5.69 Å². The molecule has 6 rings (SSSR count). The van der Waals surface area contributed by atoms with Crippen molar-refractivity contribution in [3.63, 3.8) is 0 Å². The highest BCUT2D eigenvalue weighted by atomic mass is 16.5. The molecule has 2 aliphatic heterocycles. The van der Waals surface area contributed by atoms with E-state index in [9.17, 15) is 9.59 Å². The van der Waals surface area contributed by atoms with Gasteiger partial charge in [0.05, 0.1) is 13.2 Å². The fourth-order valence-corrected chi connectivity index (χ4v) is 9.85. The molecule has 1 aromatic carbocycles. The summed E-state index contributed by atoms with van der Waals surface area (Å²) in [6, 6.07) is 7.60. The third-order valence-corrected chi connectivity index (χ3v) is 12.9. The molecule has 2 saturated heterocycles. The number of aromatic amines is 1. The summed E-state index contributed by atoms with van der Waals surface area (Å²) in [6.07, 6.45) is 19.4. The number of rotatable bonds is 8. The van der Waals surface area contributed by atoms with Crippen LogP contribution in [0, 0.1) is 26.2 Å². The Morgan fingerprint density at radius 3 is 2.28 bits per heavy atom. The van der Waals surface area contributed by atoms with E-state index < -0.39 is 0 Å². The number of piperidine rings is 1. The predicted octanol–water partition coefficient (Wildman–Crippen LogP) is 7.29. The number of hydrogen-bond donors (Lipinski definition) is 3. The number of aromatic nitrogens is 1. The van der Waals surface area contributed by atoms with Gasteiger partial charge in [-0.15, -0.1) is 0 Å². The van der Waals surface area contributed by atoms with Crippen LogP contribution in [0.25, 0.3) is 0 Å². The van der Waals surface area contributed by atoms with E-state index >= 15 is 0 Å². The lowest BCUT2D eigenvalue weighted by molar-refractivity contribution is 0.00681. The first-order valence-corrected chi connectivity index (χ1v) is 20.1. The van der Waals surface area contributed by atoms with E-state index in [0.29, 0.717) is 23.6 Å². The SMILES string of the molecule is Cc1cc(C)c(CNC(=O)c2cc(C3CNC(CN4CCOCC4)C4(CCCCCCCCC4)C3)cc(N(C)C3CCCCC3)c2C)c(=O)[nH]1. The van der Waals surface area contributed by atoms with Crippen LogP contribution in [0.5, 0.6) is 0 Å². The Labute approximate surface area is 301 Å². The van der Waals surface area contributed by atoms with Crippen molar-refractivity contribution in [3.05, 3.63) is 62.1 Å². The summed E-state index contributed by atoms with van der Waals surface area (Å²) in [6.45, 7) is 12.0. The largest absolute Gasteiger partial charge is 0.379 e. The first-order valence-electron chi connectivity index (χ1n) is 20.1. The maximum absolute atomic E-state index is 14.2. The summed E-state index contributed by atoms with van der Waals surface area (Å²) in [5.74, 6) is 0.246. The Bertz CT molecular complexity index is 1480. The minimum atomic E-state index is -0.123. The predicted molar refractivity (Wildman–Crippen MR) is 205 cm³/mol. The normalized spacial score (nSPS) is 24.2. The number of pyridine rings is 1. The molecular weight excluding hydrogens is 622 g/mol. The number of H-pyrrole nitrogens is 1. The minimum Gasteiger partial charge on any atom is -0.379 e. The zero-order chi connectivity index (χ0) is 35.1. The molecule has 50 heavy (non-hydrogen) atoms. The summed E-state index contributed by atoms with van der Waals surface area (Å²) in [7, 11) is 2.25. The van der Waals surface area contributed by atoms with Crippen LogP contribution in [0.3, 0.4) is 0 Å². The van der Waals surface area contributed by atoms with Crippen LogP contribution in [0.2, 0.25) is 0 Å². The fraction of sp³-hybridized carbons (Fsp3) is 0.714. The molecule has 8 nitrogen and oxygen atoms in total. The molecule has 2 saturated carbocycles. The van der Waals surface area contributed by atoms with Gasteiger partial charge in [-0.2, -0.15) is 0 Å². The van der Waals surface area contributed by atoms with Crippen LogP contribution < -0.4 is 21.1 Å². The third kappa shape index (κ3) is 8.85. The zero-order valence-corrected chi connectivity index (χ0v) is 31.6. The van der Waals surface area contributed by atoms with E-state index in [4.69, 9.17) is 4.74 Å². The second-order valence-corrected chi connectivity index (χ2v) is 16.4. The Morgan fingerprint density at radius 1 is 0.940 bits per heavy atom. The van der Waals surface area contributed by atoms with Crippen molar-refractivity contribution >= 4 is 11.6 Å². The van der Waals surface area contributed by atoms with Gasteiger partial charge >= 0.3 is 0 Å². The highest BCUT2D eigenvalue weighted by Crippen LogP contribution is 2.48. The van der Waals surface area contributed by atoms with Crippen molar-refractivity contribution in [2.75, 3.05) is 51.3 Å². The van der Waals surface area contributed by atoms with E-state index in [1.807, 2.05) is 19.9 Å². The van der Waals surface area contributed by atoms with Crippen molar-refractivity contribution in [1.29, 1.82) is 0 Å². The number of morpholine rings is 1. The molecule has 0 bridgehead atoms. The average molecular weight is 688 g/mol. The standard InChI is InChI=1S/C42H65N5O3/c1-30-23-31(2)45-41(49)37(30)28-44-40(48)36-24-33(25-38(32(36)3)46(4)35-15-11-10-12-16-35)34-26-42(17-13-8-6-5-7-9-14-18-42)39(43-27-34)29-47-19-21-50-22-20-47/h23-25,34-35,39,43H,5-22,26-29H2,1-4H3,(H,44,48)(H,45,49). The smallest absolute Gasteiger partial charge is 0.253 e. The second-order valence-electron chi connectivity index (χ2n) is 16.4. The molecular formula is C42H65N5O3. The topological polar surface area (TPSA) is 89.7 Å². The fourth-order valence-electron chi connectivity index (χ4n) is 9.85. The van der Waals surface area contributed by atoms with E-state index in [1.165, 1.54) is 108 Å². The molecule has 2 aliphatic carbocycles. The second kappa shape index (κ2) is 17.2. The van der Waals surface area contributed by atoms with Crippen LogP contribution >= 0.6 is 0 Å². The first-order chi connectivity index (χ1) is 24.2. The van der Waals surface area contributed by atoms with Crippen LogP contribution in [-0.4, -0.2) is 74.3 Å². The molecule has 8 heteroatoms. The van der Waals surface area contributed by atoms with Gasteiger partial charge in [-0.05, 0) is 99.1 Å². The monoisotopic (exact) mass is 688 g/mol. The highest BCUT2D eigenvalue weighted by Gasteiger charge is 2.44. The average Bonchev–Trinajstić information content (AvgIpc) is 3.12. The maximum Gasteiger partial charge on any atom is 0.253 e. The van der Waals surface area contributed by atoms with E-state index in [0.717, 1.165) is 61.8 Å². The number of amides is 1. The molecule has 2 atom stereocenters. The summed E-state index contributed by atoms with van der Waals surface area (Å²) >= 11 is 0.